The molecule has 0 radical (unpaired) electrons. The minimum absolute atomic E-state index is 0.0578. The van der Waals surface area contributed by atoms with Gasteiger partial charge in [0.25, 0.3) is 5.56 Å². The standard InChI is InChI=1S/C25H18N2O/c1-17-13-15-19(16-14-17)24-26-22-11-5-4-10-21(22)25(28)27(24)23-12-6-8-18-7-2-3-9-20(18)23/h2-16H,1H3. The van der Waals surface area contributed by atoms with E-state index in [0.717, 1.165) is 22.0 Å². The Balaban J connectivity index is 1.94. The predicted molar refractivity (Wildman–Crippen MR) is 115 cm³/mol. The highest BCUT2D eigenvalue weighted by atomic mass is 16.1. The second-order valence-electron chi connectivity index (χ2n) is 6.96. The highest BCUT2D eigenvalue weighted by Crippen LogP contribution is 2.27. The number of hydrogen-bond acceptors (Lipinski definition) is 2. The fraction of sp³-hybridized carbons (Fsp3) is 0.0400. The van der Waals surface area contributed by atoms with Crippen LogP contribution in [-0.2, 0) is 0 Å². The van der Waals surface area contributed by atoms with E-state index in [4.69, 9.17) is 4.98 Å². The molecule has 1 aromatic heterocycles. The third-order valence-corrected chi connectivity index (χ3v) is 5.09. The topological polar surface area (TPSA) is 34.9 Å². The number of aromatic nitrogens is 2. The molecule has 0 aliphatic heterocycles. The quantitative estimate of drug-likeness (QED) is 0.415. The smallest absolute Gasteiger partial charge is 0.266 e. The zero-order valence-electron chi connectivity index (χ0n) is 15.5. The largest absolute Gasteiger partial charge is 0.268 e. The summed E-state index contributed by atoms with van der Waals surface area (Å²) in [6.07, 6.45) is 0. The van der Waals surface area contributed by atoms with Crippen LogP contribution < -0.4 is 5.56 Å². The van der Waals surface area contributed by atoms with Gasteiger partial charge in [0, 0.05) is 10.9 Å². The third-order valence-electron chi connectivity index (χ3n) is 5.09. The van der Waals surface area contributed by atoms with Crippen molar-refractivity contribution in [1.29, 1.82) is 0 Å². The maximum atomic E-state index is 13.6. The molecular formula is C25H18N2O. The van der Waals surface area contributed by atoms with Gasteiger partial charge >= 0.3 is 0 Å². The zero-order valence-corrected chi connectivity index (χ0v) is 15.5. The SMILES string of the molecule is Cc1ccc(-c2nc3ccccc3c(=O)n2-c2cccc3ccccc23)cc1. The summed E-state index contributed by atoms with van der Waals surface area (Å²) < 4.78 is 1.75. The number of benzene rings is 4. The average molecular weight is 362 g/mol. The van der Waals surface area contributed by atoms with Crippen molar-refractivity contribution in [3.05, 3.63) is 107 Å². The lowest BCUT2D eigenvalue weighted by Gasteiger charge is -2.16. The van der Waals surface area contributed by atoms with Gasteiger partial charge in [-0.05, 0) is 30.5 Å². The van der Waals surface area contributed by atoms with Crippen molar-refractivity contribution < 1.29 is 0 Å². The summed E-state index contributed by atoms with van der Waals surface area (Å²) in [5.41, 5.74) is 3.58. The number of rotatable bonds is 2. The van der Waals surface area contributed by atoms with Crippen molar-refractivity contribution in [3.63, 3.8) is 0 Å². The molecule has 0 N–H and O–H groups in total. The summed E-state index contributed by atoms with van der Waals surface area (Å²) in [6, 6.07) is 29.8. The van der Waals surface area contributed by atoms with Gasteiger partial charge in [0.05, 0.1) is 16.6 Å². The molecule has 0 aliphatic rings. The molecular weight excluding hydrogens is 344 g/mol. The lowest BCUT2D eigenvalue weighted by molar-refractivity contribution is 0.984. The van der Waals surface area contributed by atoms with Gasteiger partial charge in [0.2, 0.25) is 0 Å². The number of aryl methyl sites for hydroxylation is 1. The molecule has 0 saturated heterocycles. The van der Waals surface area contributed by atoms with Crippen molar-refractivity contribution >= 4 is 21.7 Å². The summed E-state index contributed by atoms with van der Waals surface area (Å²) in [7, 11) is 0. The normalized spacial score (nSPS) is 11.2. The van der Waals surface area contributed by atoms with Gasteiger partial charge in [0.15, 0.2) is 0 Å². The first kappa shape index (κ1) is 16.5. The van der Waals surface area contributed by atoms with Crippen molar-refractivity contribution in [3.8, 4) is 17.1 Å². The second kappa shape index (κ2) is 6.46. The predicted octanol–water partition coefficient (Wildman–Crippen LogP) is 5.51. The van der Waals surface area contributed by atoms with Crippen LogP contribution in [0.3, 0.4) is 0 Å². The van der Waals surface area contributed by atoms with Gasteiger partial charge in [-0.1, -0.05) is 78.4 Å². The molecule has 0 saturated carbocycles. The lowest BCUT2D eigenvalue weighted by atomic mass is 10.1. The molecule has 0 aliphatic carbocycles. The van der Waals surface area contributed by atoms with Gasteiger partial charge in [-0.3, -0.25) is 9.36 Å². The number of nitrogens with zero attached hydrogens (tertiary/aromatic N) is 2. The van der Waals surface area contributed by atoms with Crippen molar-refractivity contribution in [2.45, 2.75) is 6.92 Å². The molecule has 134 valence electrons. The van der Waals surface area contributed by atoms with E-state index in [1.165, 1.54) is 5.56 Å². The van der Waals surface area contributed by atoms with Gasteiger partial charge < -0.3 is 0 Å². The van der Waals surface area contributed by atoms with E-state index >= 15 is 0 Å². The molecule has 5 rings (SSSR count). The first-order valence-electron chi connectivity index (χ1n) is 9.29. The molecule has 0 fully saturated rings. The van der Waals surface area contributed by atoms with Crippen LogP contribution in [0.1, 0.15) is 5.56 Å². The Morgan fingerprint density at radius 2 is 1.39 bits per heavy atom. The summed E-state index contributed by atoms with van der Waals surface area (Å²) in [6.45, 7) is 2.05. The molecule has 0 spiro atoms. The molecule has 5 aromatic rings. The first-order chi connectivity index (χ1) is 13.7. The van der Waals surface area contributed by atoms with Crippen molar-refractivity contribution in [2.24, 2.45) is 0 Å². The summed E-state index contributed by atoms with van der Waals surface area (Å²) in [5.74, 6) is 0.653. The van der Waals surface area contributed by atoms with Crippen LogP contribution in [0.15, 0.2) is 95.8 Å². The van der Waals surface area contributed by atoms with E-state index in [1.54, 1.807) is 4.57 Å². The summed E-state index contributed by atoms with van der Waals surface area (Å²) >= 11 is 0. The van der Waals surface area contributed by atoms with Gasteiger partial charge in [-0.25, -0.2) is 4.98 Å². The van der Waals surface area contributed by atoms with Crippen molar-refractivity contribution in [2.75, 3.05) is 0 Å². The van der Waals surface area contributed by atoms with E-state index < -0.39 is 0 Å². The number of fused-ring (bicyclic) bond motifs is 2. The molecule has 0 unspecified atom stereocenters. The lowest BCUT2D eigenvalue weighted by Crippen LogP contribution is -2.22. The van der Waals surface area contributed by atoms with E-state index in [1.807, 2.05) is 78.9 Å². The van der Waals surface area contributed by atoms with E-state index in [-0.39, 0.29) is 5.56 Å². The third kappa shape index (κ3) is 2.60. The van der Waals surface area contributed by atoms with E-state index in [2.05, 4.69) is 19.1 Å². The maximum Gasteiger partial charge on any atom is 0.266 e. The van der Waals surface area contributed by atoms with Gasteiger partial charge in [-0.2, -0.15) is 0 Å². The molecule has 0 amide bonds. The fourth-order valence-electron chi connectivity index (χ4n) is 3.66. The van der Waals surface area contributed by atoms with Gasteiger partial charge in [0.1, 0.15) is 5.82 Å². The Hall–Kier alpha value is -3.72. The van der Waals surface area contributed by atoms with Crippen LogP contribution in [0.4, 0.5) is 0 Å². The van der Waals surface area contributed by atoms with Crippen molar-refractivity contribution in [1.82, 2.24) is 9.55 Å². The van der Waals surface area contributed by atoms with Crippen LogP contribution in [0.5, 0.6) is 0 Å². The average Bonchev–Trinajstić information content (AvgIpc) is 2.74. The van der Waals surface area contributed by atoms with Crippen LogP contribution >= 0.6 is 0 Å². The zero-order chi connectivity index (χ0) is 19.1. The van der Waals surface area contributed by atoms with Crippen LogP contribution in [-0.4, -0.2) is 9.55 Å². The molecule has 3 heteroatoms. The van der Waals surface area contributed by atoms with Gasteiger partial charge in [-0.15, -0.1) is 0 Å². The molecule has 1 heterocycles. The minimum atomic E-state index is -0.0578. The minimum Gasteiger partial charge on any atom is -0.268 e. The highest BCUT2D eigenvalue weighted by molar-refractivity contribution is 5.91. The summed E-state index contributed by atoms with van der Waals surface area (Å²) in [5, 5.41) is 2.73. The highest BCUT2D eigenvalue weighted by Gasteiger charge is 2.16. The molecule has 28 heavy (non-hydrogen) atoms. The molecule has 0 atom stereocenters. The van der Waals surface area contributed by atoms with Crippen LogP contribution in [0.25, 0.3) is 38.8 Å². The molecule has 4 aromatic carbocycles. The first-order valence-corrected chi connectivity index (χ1v) is 9.29. The van der Waals surface area contributed by atoms with Crippen LogP contribution in [0.2, 0.25) is 0 Å². The Bertz CT molecular complexity index is 1380. The number of para-hydroxylation sites is 1. The Kier molecular flexibility index (Phi) is 3.80. The maximum absolute atomic E-state index is 13.6. The summed E-state index contributed by atoms with van der Waals surface area (Å²) in [4.78, 5) is 18.4. The Morgan fingerprint density at radius 1 is 0.714 bits per heavy atom. The van der Waals surface area contributed by atoms with E-state index in [9.17, 15) is 4.79 Å². The Labute approximate surface area is 162 Å². The second-order valence-corrected chi connectivity index (χ2v) is 6.96. The molecule has 3 nitrogen and oxygen atoms in total. The fourth-order valence-corrected chi connectivity index (χ4v) is 3.66. The monoisotopic (exact) mass is 362 g/mol. The Morgan fingerprint density at radius 3 is 2.21 bits per heavy atom. The number of hydrogen-bond donors (Lipinski definition) is 0. The molecule has 0 bridgehead atoms. The van der Waals surface area contributed by atoms with Crippen LogP contribution in [0, 0.1) is 6.92 Å². The van der Waals surface area contributed by atoms with E-state index in [0.29, 0.717) is 16.7 Å².